The van der Waals surface area contributed by atoms with Crippen LogP contribution in [-0.2, 0) is 0 Å². The lowest BCUT2D eigenvalue weighted by molar-refractivity contribution is 0.0697. The first kappa shape index (κ1) is 14.3. The molecule has 2 N–H and O–H groups in total. The summed E-state index contributed by atoms with van der Waals surface area (Å²) in [6, 6.07) is 9.77. The highest BCUT2D eigenvalue weighted by Gasteiger charge is 2.05. The van der Waals surface area contributed by atoms with Crippen molar-refractivity contribution in [3.05, 3.63) is 57.6 Å². The number of nitrogens with zero attached hydrogens (tertiary/aromatic N) is 1. The maximum atomic E-state index is 10.8. The van der Waals surface area contributed by atoms with Gasteiger partial charge in [0.1, 0.15) is 5.75 Å². The van der Waals surface area contributed by atoms with Crippen LogP contribution in [0.15, 0.2) is 45.9 Å². The van der Waals surface area contributed by atoms with Crippen molar-refractivity contribution in [3.63, 3.8) is 0 Å². The van der Waals surface area contributed by atoms with Crippen molar-refractivity contribution < 1.29 is 15.0 Å². The minimum absolute atomic E-state index is 0.136. The summed E-state index contributed by atoms with van der Waals surface area (Å²) >= 11 is 3.32. The number of phenolic OH excluding ortho intramolecular Hbond substituents is 1. The van der Waals surface area contributed by atoms with E-state index >= 15 is 0 Å². The van der Waals surface area contributed by atoms with E-state index < -0.39 is 5.97 Å². The molecule has 2 aromatic rings. The number of rotatable bonds is 3. The number of aromatic carboxylic acids is 1. The summed E-state index contributed by atoms with van der Waals surface area (Å²) < 4.78 is 0.842. The average Bonchev–Trinajstić information content (AvgIpc) is 2.40. The maximum absolute atomic E-state index is 10.8. The van der Waals surface area contributed by atoms with Gasteiger partial charge in [0.05, 0.1) is 11.3 Å². The van der Waals surface area contributed by atoms with E-state index in [0.717, 1.165) is 10.0 Å². The zero-order valence-electron chi connectivity index (χ0n) is 10.7. The van der Waals surface area contributed by atoms with E-state index in [9.17, 15) is 9.90 Å². The van der Waals surface area contributed by atoms with Crippen molar-refractivity contribution in [3.8, 4) is 5.75 Å². The number of aliphatic imine (C=N–C) groups is 1. The van der Waals surface area contributed by atoms with Gasteiger partial charge in [0.2, 0.25) is 0 Å². The molecule has 0 fully saturated rings. The van der Waals surface area contributed by atoms with Gasteiger partial charge >= 0.3 is 5.97 Å². The molecule has 0 atom stereocenters. The number of aromatic hydroxyl groups is 1. The lowest BCUT2D eigenvalue weighted by Gasteiger charge is -2.03. The van der Waals surface area contributed by atoms with Crippen LogP contribution in [0.25, 0.3) is 0 Å². The minimum Gasteiger partial charge on any atom is -0.507 e. The van der Waals surface area contributed by atoms with E-state index in [1.807, 2.05) is 0 Å². The molecule has 0 aromatic heterocycles. The summed E-state index contributed by atoms with van der Waals surface area (Å²) in [5.74, 6) is -0.829. The largest absolute Gasteiger partial charge is 0.507 e. The van der Waals surface area contributed by atoms with Crippen LogP contribution in [0.1, 0.15) is 21.5 Å². The van der Waals surface area contributed by atoms with Crippen LogP contribution >= 0.6 is 15.9 Å². The van der Waals surface area contributed by atoms with Gasteiger partial charge in [-0.3, -0.25) is 4.99 Å². The van der Waals surface area contributed by atoms with Gasteiger partial charge in [-0.25, -0.2) is 4.79 Å². The zero-order chi connectivity index (χ0) is 14.7. The molecule has 4 nitrogen and oxygen atoms in total. The van der Waals surface area contributed by atoms with Gasteiger partial charge < -0.3 is 10.2 Å². The van der Waals surface area contributed by atoms with E-state index in [1.165, 1.54) is 6.07 Å². The molecule has 5 heteroatoms. The van der Waals surface area contributed by atoms with E-state index in [0.29, 0.717) is 11.3 Å². The number of halogens is 1. The Morgan fingerprint density at radius 3 is 2.65 bits per heavy atom. The molecule has 0 unspecified atom stereocenters. The van der Waals surface area contributed by atoms with Crippen molar-refractivity contribution in [1.29, 1.82) is 0 Å². The zero-order valence-corrected chi connectivity index (χ0v) is 12.3. The third kappa shape index (κ3) is 3.24. The Labute approximate surface area is 124 Å². The molecule has 0 saturated heterocycles. The highest BCUT2D eigenvalue weighted by Crippen LogP contribution is 2.23. The Morgan fingerprint density at radius 1 is 1.25 bits per heavy atom. The van der Waals surface area contributed by atoms with Crippen LogP contribution in [0.5, 0.6) is 5.75 Å². The van der Waals surface area contributed by atoms with Gasteiger partial charge in [-0.1, -0.05) is 15.9 Å². The van der Waals surface area contributed by atoms with Crippen molar-refractivity contribution in [2.24, 2.45) is 4.99 Å². The van der Waals surface area contributed by atoms with Crippen LogP contribution in [0, 0.1) is 6.92 Å². The number of benzene rings is 2. The molecule has 0 saturated carbocycles. The SMILES string of the molecule is Cc1cc(C(=O)O)ccc1N=Cc1cc(Br)ccc1O. The lowest BCUT2D eigenvalue weighted by atomic mass is 10.1. The molecule has 0 aliphatic carbocycles. The highest BCUT2D eigenvalue weighted by molar-refractivity contribution is 9.10. The Kier molecular flexibility index (Phi) is 4.20. The molecule has 0 aliphatic heterocycles. The molecule has 0 aliphatic rings. The third-order valence-corrected chi connectivity index (χ3v) is 3.27. The number of aryl methyl sites for hydroxylation is 1. The second kappa shape index (κ2) is 5.88. The van der Waals surface area contributed by atoms with Crippen molar-refractivity contribution >= 4 is 33.8 Å². The fourth-order valence-electron chi connectivity index (χ4n) is 1.70. The minimum atomic E-state index is -0.965. The summed E-state index contributed by atoms with van der Waals surface area (Å²) in [5, 5.41) is 18.6. The standard InChI is InChI=1S/C15H12BrNO3/c1-9-6-10(15(19)20)2-4-13(9)17-8-11-7-12(16)3-5-14(11)18/h2-8,18H,1H3,(H,19,20). The Hall–Kier alpha value is -2.14. The molecule has 102 valence electrons. The quantitative estimate of drug-likeness (QED) is 0.836. The fourth-order valence-corrected chi connectivity index (χ4v) is 2.08. The number of carboxylic acid groups (broad SMARTS) is 1. The Balaban J connectivity index is 2.32. The van der Waals surface area contributed by atoms with Crippen LogP contribution in [0.2, 0.25) is 0 Å². The molecule has 2 aromatic carbocycles. The van der Waals surface area contributed by atoms with E-state index in [-0.39, 0.29) is 11.3 Å². The molecule has 20 heavy (non-hydrogen) atoms. The summed E-state index contributed by atoms with van der Waals surface area (Å²) in [5.41, 5.74) is 2.23. The van der Waals surface area contributed by atoms with Crippen molar-refractivity contribution in [2.45, 2.75) is 6.92 Å². The second-order valence-corrected chi connectivity index (χ2v) is 5.18. The maximum Gasteiger partial charge on any atom is 0.335 e. The van der Waals surface area contributed by atoms with Crippen LogP contribution in [-0.4, -0.2) is 22.4 Å². The highest BCUT2D eigenvalue weighted by atomic mass is 79.9. The number of hydrogen-bond donors (Lipinski definition) is 2. The second-order valence-electron chi connectivity index (χ2n) is 4.27. The van der Waals surface area contributed by atoms with E-state index in [2.05, 4.69) is 20.9 Å². The predicted octanol–water partition coefficient (Wildman–Crippen LogP) is 3.91. The number of carbonyl (C=O) groups is 1. The molecular formula is C15H12BrNO3. The summed E-state index contributed by atoms with van der Waals surface area (Å²) in [4.78, 5) is 15.1. The van der Waals surface area contributed by atoms with Crippen molar-refractivity contribution in [2.75, 3.05) is 0 Å². The smallest absolute Gasteiger partial charge is 0.335 e. The monoisotopic (exact) mass is 333 g/mol. The number of carboxylic acids is 1. The molecule has 0 spiro atoms. The Bertz CT molecular complexity index is 696. The van der Waals surface area contributed by atoms with Gasteiger partial charge in [-0.2, -0.15) is 0 Å². The lowest BCUT2D eigenvalue weighted by Crippen LogP contribution is -1.96. The summed E-state index contributed by atoms with van der Waals surface area (Å²) in [6.45, 7) is 1.79. The molecule has 0 amide bonds. The first-order valence-corrected chi connectivity index (χ1v) is 6.63. The van der Waals surface area contributed by atoms with Gasteiger partial charge in [0, 0.05) is 16.3 Å². The average molecular weight is 334 g/mol. The fraction of sp³-hybridized carbons (Fsp3) is 0.0667. The first-order valence-electron chi connectivity index (χ1n) is 5.84. The van der Waals surface area contributed by atoms with Crippen molar-refractivity contribution in [1.82, 2.24) is 0 Å². The van der Waals surface area contributed by atoms with Crippen LogP contribution in [0.4, 0.5) is 5.69 Å². The van der Waals surface area contributed by atoms with Gasteiger partial charge in [-0.05, 0) is 48.9 Å². The predicted molar refractivity (Wildman–Crippen MR) is 81.2 cm³/mol. The molecule has 2 rings (SSSR count). The van der Waals surface area contributed by atoms with E-state index in [1.54, 1.807) is 43.5 Å². The van der Waals surface area contributed by atoms with Crippen LogP contribution in [0.3, 0.4) is 0 Å². The normalized spacial score (nSPS) is 10.9. The topological polar surface area (TPSA) is 69.9 Å². The summed E-state index contributed by atoms with van der Waals surface area (Å²) in [6.07, 6.45) is 1.54. The van der Waals surface area contributed by atoms with E-state index in [4.69, 9.17) is 5.11 Å². The third-order valence-electron chi connectivity index (χ3n) is 2.78. The summed E-state index contributed by atoms with van der Waals surface area (Å²) in [7, 11) is 0. The van der Waals surface area contributed by atoms with Gasteiger partial charge in [0.25, 0.3) is 0 Å². The Morgan fingerprint density at radius 2 is 2.00 bits per heavy atom. The molecule has 0 heterocycles. The molecule has 0 radical (unpaired) electrons. The molecule has 0 bridgehead atoms. The van der Waals surface area contributed by atoms with Gasteiger partial charge in [0.15, 0.2) is 0 Å². The number of hydrogen-bond acceptors (Lipinski definition) is 3. The van der Waals surface area contributed by atoms with Crippen LogP contribution < -0.4 is 0 Å². The van der Waals surface area contributed by atoms with Gasteiger partial charge in [-0.15, -0.1) is 0 Å². The number of phenols is 1. The first-order chi connectivity index (χ1) is 9.47. The molecular weight excluding hydrogens is 322 g/mol.